The lowest BCUT2D eigenvalue weighted by Crippen LogP contribution is -2.37. The summed E-state index contributed by atoms with van der Waals surface area (Å²) in [4.78, 5) is 20.1. The normalized spacial score (nSPS) is 16.1. The number of amides is 1. The van der Waals surface area contributed by atoms with Crippen LogP contribution < -0.4 is 4.90 Å². The predicted molar refractivity (Wildman–Crippen MR) is 123 cm³/mol. The van der Waals surface area contributed by atoms with Crippen LogP contribution in [0.25, 0.3) is 15.9 Å². The van der Waals surface area contributed by atoms with Crippen molar-refractivity contribution in [2.45, 2.75) is 32.8 Å². The van der Waals surface area contributed by atoms with Gasteiger partial charge in [0.05, 0.1) is 34.2 Å². The lowest BCUT2D eigenvalue weighted by Gasteiger charge is -2.23. The summed E-state index contributed by atoms with van der Waals surface area (Å²) in [5.41, 5.74) is 4.50. The molecule has 0 radical (unpaired) electrons. The van der Waals surface area contributed by atoms with E-state index in [0.717, 1.165) is 46.7 Å². The van der Waals surface area contributed by atoms with E-state index in [-0.39, 0.29) is 12.0 Å². The molecule has 7 heteroatoms. The minimum Gasteiger partial charge on any atom is -0.376 e. The van der Waals surface area contributed by atoms with Gasteiger partial charge < -0.3 is 4.74 Å². The number of fused-ring (bicyclic) bond motifs is 1. The number of para-hydroxylation sites is 1. The summed E-state index contributed by atoms with van der Waals surface area (Å²) < 4.78 is 8.79. The van der Waals surface area contributed by atoms with E-state index in [1.54, 1.807) is 16.2 Å². The monoisotopic (exact) mass is 432 g/mol. The smallest absolute Gasteiger partial charge is 0.260 e. The molecule has 2 aromatic heterocycles. The second-order valence-corrected chi connectivity index (χ2v) is 8.91. The zero-order valence-electron chi connectivity index (χ0n) is 17.6. The number of thiazole rings is 1. The number of anilines is 1. The Bertz CT molecular complexity index is 1190. The molecule has 6 nitrogen and oxygen atoms in total. The van der Waals surface area contributed by atoms with Gasteiger partial charge in [-0.05, 0) is 69.2 Å². The standard InChI is InChI=1S/C24H24N4O2S/c1-16-14-17(2)28(26-16)19-11-9-18(10-12-19)23(29)27(15-20-6-5-13-30-20)24-25-21-7-3-4-8-22(21)31-24/h3-4,7-12,14,20H,5-6,13,15H2,1-2H3/t20-/m1/s1. The van der Waals surface area contributed by atoms with Gasteiger partial charge in [-0.3, -0.25) is 9.69 Å². The van der Waals surface area contributed by atoms with Crippen molar-refractivity contribution in [2.24, 2.45) is 0 Å². The molecule has 0 aliphatic carbocycles. The molecule has 1 amide bonds. The fourth-order valence-corrected chi connectivity index (χ4v) is 4.98. The second-order valence-electron chi connectivity index (χ2n) is 7.90. The van der Waals surface area contributed by atoms with Gasteiger partial charge in [-0.1, -0.05) is 23.5 Å². The van der Waals surface area contributed by atoms with Gasteiger partial charge in [0.15, 0.2) is 5.13 Å². The highest BCUT2D eigenvalue weighted by Crippen LogP contribution is 2.31. The molecule has 0 unspecified atom stereocenters. The Morgan fingerprint density at radius 2 is 2.00 bits per heavy atom. The van der Waals surface area contributed by atoms with E-state index >= 15 is 0 Å². The quantitative estimate of drug-likeness (QED) is 0.449. The average molecular weight is 433 g/mol. The molecule has 0 N–H and O–H groups in total. The first-order valence-corrected chi connectivity index (χ1v) is 11.3. The second kappa shape index (κ2) is 8.24. The van der Waals surface area contributed by atoms with E-state index in [1.807, 2.05) is 73.1 Å². The first-order chi connectivity index (χ1) is 15.1. The largest absolute Gasteiger partial charge is 0.376 e. The Kier molecular flexibility index (Phi) is 5.29. The maximum atomic E-state index is 13.5. The first kappa shape index (κ1) is 19.9. The van der Waals surface area contributed by atoms with Gasteiger partial charge in [-0.2, -0.15) is 5.10 Å². The van der Waals surface area contributed by atoms with E-state index in [2.05, 4.69) is 5.10 Å². The van der Waals surface area contributed by atoms with Gasteiger partial charge in [0.25, 0.3) is 5.91 Å². The van der Waals surface area contributed by atoms with Crippen LogP contribution in [0.5, 0.6) is 0 Å². The Balaban J connectivity index is 1.46. The molecule has 2 aromatic carbocycles. The van der Waals surface area contributed by atoms with Crippen molar-refractivity contribution in [3.63, 3.8) is 0 Å². The summed E-state index contributed by atoms with van der Waals surface area (Å²) in [5, 5.41) is 5.24. The molecule has 31 heavy (non-hydrogen) atoms. The zero-order chi connectivity index (χ0) is 21.4. The summed E-state index contributed by atoms with van der Waals surface area (Å²) in [7, 11) is 0. The van der Waals surface area contributed by atoms with Gasteiger partial charge in [0.1, 0.15) is 0 Å². The van der Waals surface area contributed by atoms with Gasteiger partial charge in [0, 0.05) is 17.9 Å². The molecule has 1 saturated heterocycles. The van der Waals surface area contributed by atoms with Crippen molar-refractivity contribution in [2.75, 3.05) is 18.1 Å². The average Bonchev–Trinajstić information content (AvgIpc) is 3.51. The summed E-state index contributed by atoms with van der Waals surface area (Å²) in [6, 6.07) is 17.6. The molecule has 4 aromatic rings. The van der Waals surface area contributed by atoms with E-state index in [0.29, 0.717) is 17.2 Å². The highest BCUT2D eigenvalue weighted by molar-refractivity contribution is 7.22. The molecular formula is C24H24N4O2S. The molecule has 5 rings (SSSR count). The van der Waals surface area contributed by atoms with E-state index in [1.165, 1.54) is 0 Å². The van der Waals surface area contributed by atoms with Gasteiger partial charge in [-0.25, -0.2) is 9.67 Å². The van der Waals surface area contributed by atoms with Gasteiger partial charge in [-0.15, -0.1) is 0 Å². The molecule has 1 aliphatic heterocycles. The molecule has 0 spiro atoms. The highest BCUT2D eigenvalue weighted by Gasteiger charge is 2.27. The summed E-state index contributed by atoms with van der Waals surface area (Å²) in [5.74, 6) is -0.0607. The summed E-state index contributed by atoms with van der Waals surface area (Å²) in [6.45, 7) is 5.26. The molecule has 158 valence electrons. The number of nitrogens with zero attached hydrogens (tertiary/aromatic N) is 4. The van der Waals surface area contributed by atoms with Crippen LogP contribution in [-0.2, 0) is 4.74 Å². The van der Waals surface area contributed by atoms with Crippen LogP contribution in [0, 0.1) is 13.8 Å². The van der Waals surface area contributed by atoms with Gasteiger partial charge >= 0.3 is 0 Å². The van der Waals surface area contributed by atoms with Crippen LogP contribution >= 0.6 is 11.3 Å². The minimum atomic E-state index is -0.0607. The van der Waals surface area contributed by atoms with E-state index < -0.39 is 0 Å². The Hall–Kier alpha value is -3.03. The third-order valence-electron chi connectivity index (χ3n) is 5.54. The number of ether oxygens (including phenoxy) is 1. The maximum absolute atomic E-state index is 13.5. The fourth-order valence-electron chi connectivity index (χ4n) is 4.01. The number of aryl methyl sites for hydroxylation is 2. The van der Waals surface area contributed by atoms with Crippen LogP contribution in [0.3, 0.4) is 0 Å². The van der Waals surface area contributed by atoms with Crippen LogP contribution in [0.2, 0.25) is 0 Å². The van der Waals surface area contributed by atoms with Crippen molar-refractivity contribution >= 4 is 32.6 Å². The molecular weight excluding hydrogens is 408 g/mol. The van der Waals surface area contributed by atoms with Crippen molar-refractivity contribution < 1.29 is 9.53 Å². The SMILES string of the molecule is Cc1cc(C)n(-c2ccc(C(=O)N(C[C@H]3CCCO3)c3nc4ccccc4s3)cc2)n1. The van der Waals surface area contributed by atoms with E-state index in [4.69, 9.17) is 9.72 Å². The third-order valence-corrected chi connectivity index (χ3v) is 6.60. The number of benzene rings is 2. The Labute approximate surface area is 185 Å². The Morgan fingerprint density at radius 1 is 1.19 bits per heavy atom. The van der Waals surface area contributed by atoms with Crippen LogP contribution in [0.1, 0.15) is 34.6 Å². The number of rotatable bonds is 5. The number of aromatic nitrogens is 3. The van der Waals surface area contributed by atoms with Crippen molar-refractivity contribution in [1.29, 1.82) is 0 Å². The topological polar surface area (TPSA) is 60.2 Å². The lowest BCUT2D eigenvalue weighted by molar-refractivity contribution is 0.0917. The van der Waals surface area contributed by atoms with Crippen molar-refractivity contribution in [1.82, 2.24) is 14.8 Å². The van der Waals surface area contributed by atoms with Crippen molar-refractivity contribution in [3.05, 3.63) is 71.5 Å². The summed E-state index contributed by atoms with van der Waals surface area (Å²) in [6.07, 6.45) is 2.04. The fraction of sp³-hybridized carbons (Fsp3) is 0.292. The van der Waals surface area contributed by atoms with Gasteiger partial charge in [0.2, 0.25) is 0 Å². The number of hydrogen-bond acceptors (Lipinski definition) is 5. The lowest BCUT2D eigenvalue weighted by atomic mass is 10.1. The zero-order valence-corrected chi connectivity index (χ0v) is 18.4. The molecule has 1 atom stereocenters. The number of hydrogen-bond donors (Lipinski definition) is 0. The molecule has 1 fully saturated rings. The van der Waals surface area contributed by atoms with Crippen LogP contribution in [-0.4, -0.2) is 39.9 Å². The number of carbonyl (C=O) groups excluding carboxylic acids is 1. The number of carbonyl (C=O) groups is 1. The molecule has 3 heterocycles. The molecule has 0 bridgehead atoms. The third kappa shape index (κ3) is 3.98. The van der Waals surface area contributed by atoms with Crippen LogP contribution in [0.4, 0.5) is 5.13 Å². The minimum absolute atomic E-state index is 0.0462. The summed E-state index contributed by atoms with van der Waals surface area (Å²) >= 11 is 1.54. The highest BCUT2D eigenvalue weighted by atomic mass is 32.1. The maximum Gasteiger partial charge on any atom is 0.260 e. The Morgan fingerprint density at radius 3 is 2.68 bits per heavy atom. The molecule has 0 saturated carbocycles. The molecule has 1 aliphatic rings. The van der Waals surface area contributed by atoms with Crippen LogP contribution in [0.15, 0.2) is 54.6 Å². The predicted octanol–water partition coefficient (Wildman–Crippen LogP) is 4.92. The van der Waals surface area contributed by atoms with Crippen molar-refractivity contribution in [3.8, 4) is 5.69 Å². The first-order valence-electron chi connectivity index (χ1n) is 10.5. The van der Waals surface area contributed by atoms with E-state index in [9.17, 15) is 4.79 Å².